The Kier molecular flexibility index (Phi) is 5.73. The fourth-order valence-electron chi connectivity index (χ4n) is 1.80. The van der Waals surface area contributed by atoms with E-state index in [9.17, 15) is 13.2 Å². The van der Waals surface area contributed by atoms with Gasteiger partial charge in [0.15, 0.2) is 0 Å². The van der Waals surface area contributed by atoms with Crippen LogP contribution in [0.1, 0.15) is 5.56 Å². The van der Waals surface area contributed by atoms with Gasteiger partial charge in [0.2, 0.25) is 0 Å². The van der Waals surface area contributed by atoms with Crippen LogP contribution in [-0.2, 0) is 21.2 Å². The molecule has 6 nitrogen and oxygen atoms in total. The van der Waals surface area contributed by atoms with Gasteiger partial charge in [-0.25, -0.2) is 8.42 Å². The number of rotatable bonds is 5. The standard InChI is InChI=1S/C14H12I2N2O4S/c15-11-6-10(7-12(16)14(11)17)23(21,22)18-9-3-1-8(2-4-9)5-13(19)20/h1-4,6-7,18H,5,17H2,(H,19,20). The molecule has 0 saturated heterocycles. The number of carbonyl (C=O) groups is 1. The summed E-state index contributed by atoms with van der Waals surface area (Å²) in [5.74, 6) is -0.940. The van der Waals surface area contributed by atoms with E-state index in [1.807, 2.05) is 45.2 Å². The highest BCUT2D eigenvalue weighted by Crippen LogP contribution is 2.27. The number of nitrogens with two attached hydrogens (primary N) is 1. The average Bonchev–Trinajstić information content (AvgIpc) is 2.45. The van der Waals surface area contributed by atoms with Crippen LogP contribution in [0, 0.1) is 7.14 Å². The molecule has 0 radical (unpaired) electrons. The fourth-order valence-corrected chi connectivity index (χ4v) is 5.10. The van der Waals surface area contributed by atoms with E-state index in [4.69, 9.17) is 10.8 Å². The number of anilines is 2. The monoisotopic (exact) mass is 558 g/mol. The second-order valence-electron chi connectivity index (χ2n) is 4.67. The first-order chi connectivity index (χ1) is 10.7. The van der Waals surface area contributed by atoms with Crippen molar-refractivity contribution < 1.29 is 18.3 Å². The first-order valence-corrected chi connectivity index (χ1v) is 9.91. The maximum Gasteiger partial charge on any atom is 0.307 e. The van der Waals surface area contributed by atoms with Crippen LogP contribution in [0.15, 0.2) is 41.3 Å². The van der Waals surface area contributed by atoms with Crippen LogP contribution in [-0.4, -0.2) is 19.5 Å². The van der Waals surface area contributed by atoms with E-state index in [0.717, 1.165) is 0 Å². The van der Waals surface area contributed by atoms with Crippen LogP contribution in [0.25, 0.3) is 0 Å². The molecule has 2 aromatic carbocycles. The summed E-state index contributed by atoms with van der Waals surface area (Å²) in [6, 6.07) is 9.20. The van der Waals surface area contributed by atoms with Crippen molar-refractivity contribution in [3.63, 3.8) is 0 Å². The molecule has 9 heteroatoms. The molecule has 2 rings (SSSR count). The minimum Gasteiger partial charge on any atom is -0.481 e. The lowest BCUT2D eigenvalue weighted by molar-refractivity contribution is -0.136. The zero-order chi connectivity index (χ0) is 17.2. The molecule has 0 fully saturated rings. The van der Waals surface area contributed by atoms with Crippen molar-refractivity contribution in [3.8, 4) is 0 Å². The van der Waals surface area contributed by atoms with E-state index in [2.05, 4.69) is 4.72 Å². The summed E-state index contributed by atoms with van der Waals surface area (Å²) in [6.45, 7) is 0. The Morgan fingerprint density at radius 2 is 1.65 bits per heavy atom. The summed E-state index contributed by atoms with van der Waals surface area (Å²) < 4.78 is 28.6. The van der Waals surface area contributed by atoms with Crippen molar-refractivity contribution in [1.82, 2.24) is 0 Å². The van der Waals surface area contributed by atoms with Gasteiger partial charge < -0.3 is 10.8 Å². The zero-order valence-corrected chi connectivity index (χ0v) is 16.7. The van der Waals surface area contributed by atoms with Crippen LogP contribution in [0.2, 0.25) is 0 Å². The molecule has 0 heterocycles. The van der Waals surface area contributed by atoms with E-state index in [1.165, 1.54) is 24.3 Å². The van der Waals surface area contributed by atoms with E-state index in [0.29, 0.717) is 24.1 Å². The number of halogens is 2. The largest absolute Gasteiger partial charge is 0.481 e. The molecule has 0 amide bonds. The summed E-state index contributed by atoms with van der Waals surface area (Å²) in [6.07, 6.45) is -0.110. The second kappa shape index (κ2) is 7.21. The number of nitrogen functional groups attached to an aromatic ring is 1. The molecular formula is C14H12I2N2O4S. The third-order valence-corrected chi connectivity index (χ3v) is 6.07. The summed E-state index contributed by atoms with van der Waals surface area (Å²) in [5, 5.41) is 8.72. The lowest BCUT2D eigenvalue weighted by atomic mass is 10.1. The predicted octanol–water partition coefficient (Wildman–Crippen LogP) is 2.91. The van der Waals surface area contributed by atoms with Crippen molar-refractivity contribution in [3.05, 3.63) is 49.1 Å². The molecule has 0 unspecified atom stereocenters. The van der Waals surface area contributed by atoms with Crippen molar-refractivity contribution in [2.75, 3.05) is 10.5 Å². The predicted molar refractivity (Wildman–Crippen MR) is 105 cm³/mol. The second-order valence-corrected chi connectivity index (χ2v) is 8.68. The Bertz CT molecular complexity index is 829. The van der Waals surface area contributed by atoms with Crippen LogP contribution in [0.5, 0.6) is 0 Å². The topological polar surface area (TPSA) is 109 Å². The van der Waals surface area contributed by atoms with Crippen LogP contribution in [0.3, 0.4) is 0 Å². The molecule has 0 spiro atoms. The lowest BCUT2D eigenvalue weighted by Crippen LogP contribution is -2.14. The molecule has 0 aliphatic carbocycles. The van der Waals surface area contributed by atoms with Gasteiger partial charge in [0.05, 0.1) is 17.0 Å². The van der Waals surface area contributed by atoms with E-state index in [1.54, 1.807) is 12.1 Å². The van der Waals surface area contributed by atoms with Gasteiger partial charge in [-0.1, -0.05) is 12.1 Å². The normalized spacial score (nSPS) is 11.2. The minimum absolute atomic E-state index is 0.110. The smallest absolute Gasteiger partial charge is 0.307 e. The lowest BCUT2D eigenvalue weighted by Gasteiger charge is -2.11. The molecule has 2 aromatic rings. The molecule has 0 aliphatic rings. The molecule has 0 bridgehead atoms. The Hall–Kier alpha value is -1.08. The van der Waals surface area contributed by atoms with Crippen LogP contribution < -0.4 is 10.5 Å². The number of benzene rings is 2. The molecule has 122 valence electrons. The third kappa shape index (κ3) is 4.70. The maximum atomic E-state index is 12.4. The quantitative estimate of drug-likeness (QED) is 0.387. The zero-order valence-electron chi connectivity index (χ0n) is 11.6. The highest BCUT2D eigenvalue weighted by Gasteiger charge is 2.17. The van der Waals surface area contributed by atoms with Crippen molar-refractivity contribution in [1.29, 1.82) is 0 Å². The Balaban J connectivity index is 2.26. The molecule has 23 heavy (non-hydrogen) atoms. The molecule has 4 N–H and O–H groups in total. The van der Waals surface area contributed by atoms with Gasteiger partial charge in [-0.2, -0.15) is 0 Å². The molecular weight excluding hydrogens is 546 g/mol. The van der Waals surface area contributed by atoms with Gasteiger partial charge in [0.1, 0.15) is 0 Å². The Morgan fingerprint density at radius 1 is 1.13 bits per heavy atom. The summed E-state index contributed by atoms with van der Waals surface area (Å²) in [4.78, 5) is 10.8. The third-order valence-electron chi connectivity index (χ3n) is 2.92. The summed E-state index contributed by atoms with van der Waals surface area (Å²) >= 11 is 3.97. The van der Waals surface area contributed by atoms with Gasteiger partial charge in [-0.15, -0.1) is 0 Å². The summed E-state index contributed by atoms with van der Waals surface area (Å²) in [5.41, 5.74) is 7.33. The summed E-state index contributed by atoms with van der Waals surface area (Å²) in [7, 11) is -3.74. The minimum atomic E-state index is -3.74. The number of hydrogen-bond acceptors (Lipinski definition) is 4. The first kappa shape index (κ1) is 18.3. The van der Waals surface area contributed by atoms with Crippen LogP contribution >= 0.6 is 45.2 Å². The number of nitrogens with one attached hydrogen (secondary N) is 1. The van der Waals surface area contributed by atoms with E-state index < -0.39 is 16.0 Å². The van der Waals surface area contributed by atoms with E-state index in [-0.39, 0.29) is 11.3 Å². The van der Waals surface area contributed by atoms with E-state index >= 15 is 0 Å². The van der Waals surface area contributed by atoms with Gasteiger partial charge in [0.25, 0.3) is 10.0 Å². The highest BCUT2D eigenvalue weighted by atomic mass is 127. The Morgan fingerprint density at radius 3 is 2.13 bits per heavy atom. The highest BCUT2D eigenvalue weighted by molar-refractivity contribution is 14.1. The number of hydrogen-bond donors (Lipinski definition) is 3. The van der Waals surface area contributed by atoms with Crippen LogP contribution in [0.4, 0.5) is 11.4 Å². The Labute approximate surface area is 160 Å². The molecule has 0 aliphatic heterocycles. The number of sulfonamides is 1. The molecule has 0 atom stereocenters. The maximum absolute atomic E-state index is 12.4. The van der Waals surface area contributed by atoms with Crippen molar-refractivity contribution in [2.45, 2.75) is 11.3 Å². The van der Waals surface area contributed by atoms with Gasteiger partial charge in [0, 0.05) is 12.8 Å². The fraction of sp³-hybridized carbons (Fsp3) is 0.0714. The number of carboxylic acid groups (broad SMARTS) is 1. The van der Waals surface area contributed by atoms with Gasteiger partial charge in [-0.05, 0) is 75.0 Å². The first-order valence-electron chi connectivity index (χ1n) is 6.27. The average molecular weight is 558 g/mol. The van der Waals surface area contributed by atoms with Gasteiger partial charge in [-0.3, -0.25) is 9.52 Å². The van der Waals surface area contributed by atoms with Crippen molar-refractivity contribution >= 4 is 72.5 Å². The number of aliphatic carboxylic acids is 1. The van der Waals surface area contributed by atoms with Gasteiger partial charge >= 0.3 is 5.97 Å². The molecule has 0 saturated carbocycles. The number of carboxylic acids is 1. The van der Waals surface area contributed by atoms with Crippen molar-refractivity contribution in [2.24, 2.45) is 0 Å². The molecule has 0 aromatic heterocycles. The SMILES string of the molecule is Nc1c(I)cc(S(=O)(=O)Nc2ccc(CC(=O)O)cc2)cc1I.